The van der Waals surface area contributed by atoms with E-state index in [0.717, 1.165) is 11.5 Å². The SMILES string of the molecule is O=C(NC12CCCC(CC1)C2)c1ccccc1. The number of nitrogens with one attached hydrogen (secondary N) is 1. The maximum absolute atomic E-state index is 12.2. The first kappa shape index (κ1) is 10.8. The lowest BCUT2D eigenvalue weighted by atomic mass is 9.83. The van der Waals surface area contributed by atoms with Crippen molar-refractivity contribution in [1.82, 2.24) is 5.32 Å². The summed E-state index contributed by atoms with van der Waals surface area (Å²) in [6.07, 6.45) is 7.49. The lowest BCUT2D eigenvalue weighted by Crippen LogP contribution is -2.47. The van der Waals surface area contributed by atoms with E-state index in [2.05, 4.69) is 5.32 Å². The van der Waals surface area contributed by atoms with Crippen molar-refractivity contribution in [3.05, 3.63) is 35.9 Å². The van der Waals surface area contributed by atoms with Gasteiger partial charge in [0, 0.05) is 11.1 Å². The van der Waals surface area contributed by atoms with Crippen molar-refractivity contribution in [2.75, 3.05) is 0 Å². The molecule has 2 aliphatic rings. The average Bonchev–Trinajstić information content (AvgIpc) is 2.65. The number of fused-ring (bicyclic) bond motifs is 2. The summed E-state index contributed by atoms with van der Waals surface area (Å²) in [6, 6.07) is 9.57. The summed E-state index contributed by atoms with van der Waals surface area (Å²) in [5.74, 6) is 0.966. The van der Waals surface area contributed by atoms with Crippen molar-refractivity contribution in [2.45, 2.75) is 44.1 Å². The van der Waals surface area contributed by atoms with E-state index in [1.54, 1.807) is 0 Å². The van der Waals surface area contributed by atoms with Gasteiger partial charge in [-0.2, -0.15) is 0 Å². The van der Waals surface area contributed by atoms with E-state index in [1.807, 2.05) is 30.3 Å². The highest BCUT2D eigenvalue weighted by Crippen LogP contribution is 2.45. The van der Waals surface area contributed by atoms with Crippen molar-refractivity contribution in [3.8, 4) is 0 Å². The normalized spacial score (nSPS) is 31.2. The third kappa shape index (κ3) is 2.08. The van der Waals surface area contributed by atoms with Crippen LogP contribution in [0.3, 0.4) is 0 Å². The van der Waals surface area contributed by atoms with Gasteiger partial charge in [-0.25, -0.2) is 0 Å². The van der Waals surface area contributed by atoms with Crippen molar-refractivity contribution in [3.63, 3.8) is 0 Å². The van der Waals surface area contributed by atoms with Crippen molar-refractivity contribution in [1.29, 1.82) is 0 Å². The molecule has 2 unspecified atom stereocenters. The summed E-state index contributed by atoms with van der Waals surface area (Å²) in [4.78, 5) is 12.2. The van der Waals surface area contributed by atoms with Gasteiger partial charge < -0.3 is 5.32 Å². The minimum Gasteiger partial charge on any atom is -0.347 e. The predicted molar refractivity (Wildman–Crippen MR) is 67.8 cm³/mol. The minimum absolute atomic E-state index is 0.105. The molecule has 90 valence electrons. The third-order valence-electron chi connectivity index (χ3n) is 4.39. The molecule has 3 rings (SSSR count). The fourth-order valence-corrected chi connectivity index (χ4v) is 3.52. The Kier molecular flexibility index (Phi) is 2.65. The van der Waals surface area contributed by atoms with Gasteiger partial charge in [-0.1, -0.05) is 31.0 Å². The van der Waals surface area contributed by atoms with Crippen LogP contribution in [-0.2, 0) is 0 Å². The second kappa shape index (κ2) is 4.17. The summed E-state index contributed by atoms with van der Waals surface area (Å²) in [5, 5.41) is 3.30. The largest absolute Gasteiger partial charge is 0.347 e. The number of carbonyl (C=O) groups is 1. The molecular formula is C15H19NO. The van der Waals surface area contributed by atoms with Crippen LogP contribution in [0.1, 0.15) is 48.9 Å². The molecule has 0 radical (unpaired) electrons. The smallest absolute Gasteiger partial charge is 0.251 e. The topological polar surface area (TPSA) is 29.1 Å². The molecule has 1 aromatic rings. The lowest BCUT2D eigenvalue weighted by Gasteiger charge is -2.34. The zero-order chi connectivity index (χ0) is 11.7. The fourth-order valence-electron chi connectivity index (χ4n) is 3.52. The molecule has 2 aliphatic carbocycles. The number of rotatable bonds is 2. The molecule has 2 nitrogen and oxygen atoms in total. The first-order chi connectivity index (χ1) is 8.27. The first-order valence-corrected chi connectivity index (χ1v) is 6.65. The molecule has 0 saturated heterocycles. The van der Waals surface area contributed by atoms with Gasteiger partial charge >= 0.3 is 0 Å². The van der Waals surface area contributed by atoms with E-state index in [9.17, 15) is 4.79 Å². The molecule has 17 heavy (non-hydrogen) atoms. The molecule has 2 fully saturated rings. The molecule has 1 aromatic carbocycles. The summed E-state index contributed by atoms with van der Waals surface area (Å²) in [5.41, 5.74) is 0.909. The number of carbonyl (C=O) groups excluding carboxylic acids is 1. The van der Waals surface area contributed by atoms with Gasteiger partial charge in [-0.3, -0.25) is 4.79 Å². The zero-order valence-electron chi connectivity index (χ0n) is 10.1. The number of benzene rings is 1. The van der Waals surface area contributed by atoms with Gasteiger partial charge in [0.05, 0.1) is 0 Å². The molecule has 1 N–H and O–H groups in total. The molecule has 1 amide bonds. The summed E-state index contributed by atoms with van der Waals surface area (Å²) in [6.45, 7) is 0. The monoisotopic (exact) mass is 229 g/mol. The molecule has 2 heteroatoms. The molecule has 2 saturated carbocycles. The first-order valence-electron chi connectivity index (χ1n) is 6.65. The van der Waals surface area contributed by atoms with Crippen LogP contribution in [0.5, 0.6) is 0 Å². The minimum atomic E-state index is 0.105. The van der Waals surface area contributed by atoms with Gasteiger partial charge in [0.25, 0.3) is 5.91 Å². The molecule has 0 spiro atoms. The van der Waals surface area contributed by atoms with Crippen LogP contribution < -0.4 is 5.32 Å². The van der Waals surface area contributed by atoms with Crippen LogP contribution in [0.25, 0.3) is 0 Å². The van der Waals surface area contributed by atoms with Gasteiger partial charge in [0.15, 0.2) is 0 Å². The van der Waals surface area contributed by atoms with Crippen LogP contribution in [0.2, 0.25) is 0 Å². The Morgan fingerprint density at radius 3 is 2.82 bits per heavy atom. The van der Waals surface area contributed by atoms with E-state index >= 15 is 0 Å². The number of hydrogen-bond donors (Lipinski definition) is 1. The van der Waals surface area contributed by atoms with Crippen LogP contribution >= 0.6 is 0 Å². The zero-order valence-corrected chi connectivity index (χ0v) is 10.1. The molecule has 0 aromatic heterocycles. The quantitative estimate of drug-likeness (QED) is 0.829. The standard InChI is InChI=1S/C15H19NO/c17-14(13-6-2-1-3-7-13)16-15-9-4-5-12(11-15)8-10-15/h1-3,6-7,12H,4-5,8-11H2,(H,16,17). The molecule has 0 heterocycles. The molecule has 2 bridgehead atoms. The van der Waals surface area contributed by atoms with Crippen LogP contribution in [-0.4, -0.2) is 11.4 Å². The predicted octanol–water partition coefficient (Wildman–Crippen LogP) is 3.14. The molecule has 2 atom stereocenters. The second-order valence-electron chi connectivity index (χ2n) is 5.60. The van der Waals surface area contributed by atoms with Crippen molar-refractivity contribution in [2.24, 2.45) is 5.92 Å². The van der Waals surface area contributed by atoms with E-state index in [-0.39, 0.29) is 11.4 Å². The number of hydrogen-bond acceptors (Lipinski definition) is 1. The van der Waals surface area contributed by atoms with E-state index in [1.165, 1.54) is 38.5 Å². The molecular weight excluding hydrogens is 210 g/mol. The lowest BCUT2D eigenvalue weighted by molar-refractivity contribution is 0.0880. The highest BCUT2D eigenvalue weighted by molar-refractivity contribution is 5.94. The van der Waals surface area contributed by atoms with Crippen LogP contribution in [0, 0.1) is 5.92 Å². The second-order valence-corrected chi connectivity index (χ2v) is 5.60. The Morgan fingerprint density at radius 1 is 1.18 bits per heavy atom. The Hall–Kier alpha value is -1.31. The maximum Gasteiger partial charge on any atom is 0.251 e. The van der Waals surface area contributed by atoms with E-state index < -0.39 is 0 Å². The van der Waals surface area contributed by atoms with Gasteiger partial charge in [-0.05, 0) is 43.7 Å². The van der Waals surface area contributed by atoms with Gasteiger partial charge in [0.2, 0.25) is 0 Å². The van der Waals surface area contributed by atoms with Gasteiger partial charge in [0.1, 0.15) is 0 Å². The Morgan fingerprint density at radius 2 is 2.00 bits per heavy atom. The fraction of sp³-hybridized carbons (Fsp3) is 0.533. The third-order valence-corrected chi connectivity index (χ3v) is 4.39. The Bertz CT molecular complexity index is 410. The summed E-state index contributed by atoms with van der Waals surface area (Å²) in [7, 11) is 0. The van der Waals surface area contributed by atoms with Crippen molar-refractivity contribution < 1.29 is 4.79 Å². The van der Waals surface area contributed by atoms with Crippen LogP contribution in [0.4, 0.5) is 0 Å². The highest BCUT2D eigenvalue weighted by atomic mass is 16.1. The summed E-state index contributed by atoms with van der Waals surface area (Å²) >= 11 is 0. The van der Waals surface area contributed by atoms with Crippen molar-refractivity contribution >= 4 is 5.91 Å². The summed E-state index contributed by atoms with van der Waals surface area (Å²) < 4.78 is 0. The number of amides is 1. The van der Waals surface area contributed by atoms with Crippen LogP contribution in [0.15, 0.2) is 30.3 Å². The Labute approximate surface area is 102 Å². The van der Waals surface area contributed by atoms with Gasteiger partial charge in [-0.15, -0.1) is 0 Å². The van der Waals surface area contributed by atoms with E-state index in [0.29, 0.717) is 0 Å². The highest BCUT2D eigenvalue weighted by Gasteiger charge is 2.42. The average molecular weight is 229 g/mol. The van der Waals surface area contributed by atoms with E-state index in [4.69, 9.17) is 0 Å². The Balaban J connectivity index is 1.73. The maximum atomic E-state index is 12.2. The molecule has 0 aliphatic heterocycles.